The average molecular weight is 155 g/mol. The highest BCUT2D eigenvalue weighted by molar-refractivity contribution is 5.74. The molecule has 4 heteroatoms. The zero-order valence-corrected chi connectivity index (χ0v) is 5.99. The molecule has 1 unspecified atom stereocenters. The lowest BCUT2D eigenvalue weighted by Crippen LogP contribution is -2.18. The molecule has 60 valence electrons. The maximum Gasteiger partial charge on any atom is 0.329 e. The van der Waals surface area contributed by atoms with Gasteiger partial charge in [-0.15, -0.1) is 0 Å². The number of nitrogens with zero attached hydrogens (tertiary/aromatic N) is 1. The van der Waals surface area contributed by atoms with Crippen LogP contribution in [-0.2, 0) is 9.59 Å². The Labute approximate surface area is 63.9 Å². The molecule has 0 aliphatic heterocycles. The van der Waals surface area contributed by atoms with E-state index < -0.39 is 12.0 Å². The van der Waals surface area contributed by atoms with Crippen molar-refractivity contribution in [3.63, 3.8) is 0 Å². The third kappa shape index (κ3) is 2.51. The lowest BCUT2D eigenvalue weighted by Gasteiger charge is -2.01. The lowest BCUT2D eigenvalue weighted by molar-refractivity contribution is -0.138. The van der Waals surface area contributed by atoms with Gasteiger partial charge in [0.1, 0.15) is 0 Å². The fourth-order valence-electron chi connectivity index (χ4n) is 0.942. The van der Waals surface area contributed by atoms with Crippen LogP contribution in [0.5, 0.6) is 0 Å². The average Bonchev–Trinajstić information content (AvgIpc) is 2.70. The van der Waals surface area contributed by atoms with Gasteiger partial charge in [-0.1, -0.05) is 12.8 Å². The minimum Gasteiger partial charge on any atom is -0.480 e. The summed E-state index contributed by atoms with van der Waals surface area (Å²) in [6.45, 7) is 0. The van der Waals surface area contributed by atoms with Crippen molar-refractivity contribution < 1.29 is 14.7 Å². The first-order valence-corrected chi connectivity index (χ1v) is 3.54. The van der Waals surface area contributed by atoms with E-state index in [1.165, 1.54) is 6.08 Å². The summed E-state index contributed by atoms with van der Waals surface area (Å²) in [7, 11) is 0. The van der Waals surface area contributed by atoms with Crippen LogP contribution in [-0.4, -0.2) is 23.2 Å². The van der Waals surface area contributed by atoms with E-state index >= 15 is 0 Å². The standard InChI is InChI=1S/C7H9NO3/c9-4-8-6(7(10)11)3-5-1-2-5/h5-6H,1-3H2,(H,10,11). The zero-order chi connectivity index (χ0) is 8.27. The van der Waals surface area contributed by atoms with Crippen LogP contribution in [0, 0.1) is 5.92 Å². The van der Waals surface area contributed by atoms with Gasteiger partial charge in [0.2, 0.25) is 6.08 Å². The predicted octanol–water partition coefficient (Wildman–Crippen LogP) is 0.576. The molecule has 0 aromatic carbocycles. The Morgan fingerprint density at radius 2 is 2.36 bits per heavy atom. The van der Waals surface area contributed by atoms with Crippen LogP contribution < -0.4 is 0 Å². The molecule has 0 aromatic rings. The summed E-state index contributed by atoms with van der Waals surface area (Å²) in [5, 5.41) is 8.51. The van der Waals surface area contributed by atoms with E-state index in [4.69, 9.17) is 5.11 Å². The van der Waals surface area contributed by atoms with Crippen molar-refractivity contribution in [2.24, 2.45) is 10.9 Å². The lowest BCUT2D eigenvalue weighted by atomic mass is 10.1. The predicted molar refractivity (Wildman–Crippen MR) is 36.9 cm³/mol. The van der Waals surface area contributed by atoms with Gasteiger partial charge in [0.05, 0.1) is 0 Å². The maximum atomic E-state index is 10.4. The Bertz CT molecular complexity index is 202. The molecule has 1 aliphatic rings. The first kappa shape index (κ1) is 7.95. The third-order valence-electron chi connectivity index (χ3n) is 1.75. The molecular weight excluding hydrogens is 146 g/mol. The van der Waals surface area contributed by atoms with Gasteiger partial charge >= 0.3 is 5.97 Å². The molecule has 1 fully saturated rings. The molecule has 11 heavy (non-hydrogen) atoms. The van der Waals surface area contributed by atoms with Gasteiger partial charge in [-0.2, -0.15) is 4.99 Å². The van der Waals surface area contributed by atoms with Gasteiger partial charge in [0.15, 0.2) is 6.04 Å². The number of carboxylic acid groups (broad SMARTS) is 1. The summed E-state index contributed by atoms with van der Waals surface area (Å²) < 4.78 is 0. The summed E-state index contributed by atoms with van der Waals surface area (Å²) in [4.78, 5) is 23.3. The Morgan fingerprint density at radius 1 is 1.73 bits per heavy atom. The summed E-state index contributed by atoms with van der Waals surface area (Å²) in [6.07, 6.45) is 3.90. The molecule has 0 saturated heterocycles. The van der Waals surface area contributed by atoms with Crippen molar-refractivity contribution >= 4 is 12.0 Å². The van der Waals surface area contributed by atoms with E-state index in [-0.39, 0.29) is 0 Å². The molecule has 0 heterocycles. The molecule has 0 amide bonds. The van der Waals surface area contributed by atoms with Crippen LogP contribution in [0.4, 0.5) is 0 Å². The van der Waals surface area contributed by atoms with E-state index in [9.17, 15) is 9.59 Å². The van der Waals surface area contributed by atoms with Crippen LogP contribution in [0.25, 0.3) is 0 Å². The van der Waals surface area contributed by atoms with E-state index in [2.05, 4.69) is 4.99 Å². The highest BCUT2D eigenvalue weighted by Crippen LogP contribution is 2.34. The topological polar surface area (TPSA) is 66.7 Å². The third-order valence-corrected chi connectivity index (χ3v) is 1.75. The summed E-state index contributed by atoms with van der Waals surface area (Å²) in [5.41, 5.74) is 0. The Kier molecular flexibility index (Phi) is 2.39. The fraction of sp³-hybridized carbons (Fsp3) is 0.714. The number of aliphatic carboxylic acids is 1. The normalized spacial score (nSPS) is 18.5. The largest absolute Gasteiger partial charge is 0.480 e. The fourth-order valence-corrected chi connectivity index (χ4v) is 0.942. The van der Waals surface area contributed by atoms with Crippen molar-refractivity contribution in [3.05, 3.63) is 0 Å². The van der Waals surface area contributed by atoms with Gasteiger partial charge in [0.25, 0.3) is 0 Å². The number of carbonyl (C=O) groups excluding carboxylic acids is 1. The minimum atomic E-state index is -1.03. The number of aliphatic imine (C=N–C) groups is 1. The van der Waals surface area contributed by atoms with E-state index in [1.807, 2.05) is 0 Å². The summed E-state index contributed by atoms with van der Waals surface area (Å²) in [5.74, 6) is -0.562. The van der Waals surface area contributed by atoms with Crippen LogP contribution in [0.2, 0.25) is 0 Å². The van der Waals surface area contributed by atoms with Gasteiger partial charge in [-0.25, -0.2) is 9.59 Å². The van der Waals surface area contributed by atoms with Crippen LogP contribution in [0.1, 0.15) is 19.3 Å². The molecule has 0 bridgehead atoms. The zero-order valence-electron chi connectivity index (χ0n) is 5.99. The monoisotopic (exact) mass is 155 g/mol. The molecule has 1 rings (SSSR count). The Hall–Kier alpha value is -1.15. The van der Waals surface area contributed by atoms with Crippen molar-refractivity contribution in [1.82, 2.24) is 0 Å². The molecule has 1 N–H and O–H groups in total. The number of rotatable bonds is 4. The van der Waals surface area contributed by atoms with E-state index in [0.717, 1.165) is 12.8 Å². The molecule has 1 saturated carbocycles. The molecule has 1 atom stereocenters. The second-order valence-electron chi connectivity index (χ2n) is 2.75. The molecule has 4 nitrogen and oxygen atoms in total. The first-order valence-electron chi connectivity index (χ1n) is 3.54. The molecule has 0 spiro atoms. The van der Waals surface area contributed by atoms with E-state index in [0.29, 0.717) is 12.3 Å². The van der Waals surface area contributed by atoms with Crippen molar-refractivity contribution in [2.45, 2.75) is 25.3 Å². The number of isocyanates is 1. The van der Waals surface area contributed by atoms with Gasteiger partial charge in [0, 0.05) is 0 Å². The summed E-state index contributed by atoms with van der Waals surface area (Å²) in [6, 6.07) is -0.861. The second kappa shape index (κ2) is 3.30. The second-order valence-corrected chi connectivity index (χ2v) is 2.75. The smallest absolute Gasteiger partial charge is 0.329 e. The number of hydrogen-bond acceptors (Lipinski definition) is 3. The molecule has 0 radical (unpaired) electrons. The van der Waals surface area contributed by atoms with Crippen LogP contribution in [0.3, 0.4) is 0 Å². The number of hydrogen-bond donors (Lipinski definition) is 1. The maximum absolute atomic E-state index is 10.4. The summed E-state index contributed by atoms with van der Waals surface area (Å²) >= 11 is 0. The van der Waals surface area contributed by atoms with Gasteiger partial charge in [-0.05, 0) is 12.3 Å². The van der Waals surface area contributed by atoms with Crippen molar-refractivity contribution in [2.75, 3.05) is 0 Å². The number of carbonyl (C=O) groups is 1. The van der Waals surface area contributed by atoms with Gasteiger partial charge in [-0.3, -0.25) is 0 Å². The van der Waals surface area contributed by atoms with Gasteiger partial charge < -0.3 is 5.11 Å². The van der Waals surface area contributed by atoms with E-state index in [1.54, 1.807) is 0 Å². The number of carboxylic acids is 1. The molecular formula is C7H9NO3. The van der Waals surface area contributed by atoms with Crippen molar-refractivity contribution in [1.29, 1.82) is 0 Å². The highest BCUT2D eigenvalue weighted by Gasteiger charge is 2.28. The van der Waals surface area contributed by atoms with Crippen LogP contribution in [0.15, 0.2) is 4.99 Å². The molecule has 0 aromatic heterocycles. The first-order chi connectivity index (χ1) is 5.24. The highest BCUT2D eigenvalue weighted by atomic mass is 16.4. The quantitative estimate of drug-likeness (QED) is 0.477. The van der Waals surface area contributed by atoms with Crippen LogP contribution >= 0.6 is 0 Å². The minimum absolute atomic E-state index is 0.466. The SMILES string of the molecule is O=C=NC(CC1CC1)C(=O)O. The Morgan fingerprint density at radius 3 is 2.73 bits per heavy atom. The van der Waals surface area contributed by atoms with Crippen molar-refractivity contribution in [3.8, 4) is 0 Å². The Balaban J connectivity index is 2.43. The molecule has 1 aliphatic carbocycles.